The highest BCUT2D eigenvalue weighted by Crippen LogP contribution is 2.20. The number of hydrogen-bond acceptors (Lipinski definition) is 5. The molecule has 3 aromatic heterocycles. The van der Waals surface area contributed by atoms with E-state index in [0.717, 1.165) is 44.5 Å². The van der Waals surface area contributed by atoms with Gasteiger partial charge < -0.3 is 19.1 Å². The molecule has 34 heavy (non-hydrogen) atoms. The monoisotopic (exact) mass is 456 g/mol. The van der Waals surface area contributed by atoms with E-state index < -0.39 is 0 Å². The number of fused-ring (bicyclic) bond motifs is 2. The normalized spacial score (nSPS) is 12.4. The van der Waals surface area contributed by atoms with Crippen LogP contribution in [0.1, 0.15) is 22.5 Å². The van der Waals surface area contributed by atoms with Gasteiger partial charge in [0.25, 0.3) is 0 Å². The van der Waals surface area contributed by atoms with Gasteiger partial charge in [0.1, 0.15) is 11.2 Å². The van der Waals surface area contributed by atoms with Crippen LogP contribution < -0.4 is 5.32 Å². The van der Waals surface area contributed by atoms with E-state index in [2.05, 4.69) is 22.5 Å². The fraction of sp³-hybridized carbons (Fsp3) is 0.259. The Morgan fingerprint density at radius 1 is 1.00 bits per heavy atom. The maximum absolute atomic E-state index is 13.6. The number of aryl methyl sites for hydroxylation is 2. The van der Waals surface area contributed by atoms with Gasteiger partial charge in [-0.05, 0) is 66.9 Å². The summed E-state index contributed by atoms with van der Waals surface area (Å²) in [4.78, 5) is 15.3. The van der Waals surface area contributed by atoms with E-state index in [-0.39, 0.29) is 11.9 Å². The molecule has 3 heterocycles. The molecule has 5 aromatic rings. The first kappa shape index (κ1) is 22.0. The highest BCUT2D eigenvalue weighted by Gasteiger charge is 2.23. The molecule has 2 aromatic carbocycles. The molecule has 0 saturated heterocycles. The van der Waals surface area contributed by atoms with Crippen LogP contribution in [0.25, 0.3) is 21.9 Å². The molecule has 1 N–H and O–H groups in total. The molecular formula is C27H28N4O3. The molecule has 7 heteroatoms. The lowest BCUT2D eigenvalue weighted by molar-refractivity contribution is -0.132. The zero-order valence-corrected chi connectivity index (χ0v) is 19.6. The van der Waals surface area contributed by atoms with Gasteiger partial charge in [0.15, 0.2) is 0 Å². The van der Waals surface area contributed by atoms with Crippen LogP contribution in [0.2, 0.25) is 0 Å². The maximum atomic E-state index is 13.6. The molecule has 0 aliphatic heterocycles. The molecule has 0 spiro atoms. The molecule has 0 unspecified atom stereocenters. The number of nitrogens with one attached hydrogen (secondary N) is 1. The van der Waals surface area contributed by atoms with E-state index in [4.69, 9.17) is 8.83 Å². The third-order valence-corrected chi connectivity index (χ3v) is 6.20. The lowest BCUT2D eigenvalue weighted by atomic mass is 10.0. The van der Waals surface area contributed by atoms with Crippen molar-refractivity contribution in [3.8, 4) is 0 Å². The number of likely N-dealkylation sites (N-methyl/N-ethyl adjacent to an activating group) is 1. The lowest BCUT2D eigenvalue weighted by Gasteiger charge is -2.25. The third kappa shape index (κ3) is 4.61. The number of furan rings is 2. The summed E-state index contributed by atoms with van der Waals surface area (Å²) in [5.74, 6) is 0.0375. The Hall–Kier alpha value is -3.84. The molecular weight excluding hydrogens is 428 g/mol. The third-order valence-electron chi connectivity index (χ3n) is 6.20. The quantitative estimate of drug-likeness (QED) is 0.370. The molecule has 0 radical (unpaired) electrons. The average molecular weight is 457 g/mol. The summed E-state index contributed by atoms with van der Waals surface area (Å²) in [6.07, 6.45) is 3.95. The molecule has 5 rings (SSSR count). The number of hydrogen-bond donors (Lipinski definition) is 1. The van der Waals surface area contributed by atoms with Crippen LogP contribution in [-0.4, -0.2) is 33.7 Å². The van der Waals surface area contributed by atoms with Gasteiger partial charge in [0, 0.05) is 31.4 Å². The summed E-state index contributed by atoms with van der Waals surface area (Å²) in [7, 11) is 3.75. The molecule has 0 aliphatic carbocycles. The molecule has 0 bridgehead atoms. The van der Waals surface area contributed by atoms with E-state index in [9.17, 15) is 4.79 Å². The SMILES string of the molecule is Cc1cc(CN(C)C(=O)[C@@H](Cc2ccc3occc3c2)NCc2ccc3occc3c2)n(C)n1. The van der Waals surface area contributed by atoms with Gasteiger partial charge in [0.05, 0.1) is 36.5 Å². The number of benzene rings is 2. The van der Waals surface area contributed by atoms with Gasteiger partial charge in [-0.25, -0.2) is 0 Å². The molecule has 1 amide bonds. The minimum Gasteiger partial charge on any atom is -0.464 e. The second-order valence-corrected chi connectivity index (χ2v) is 8.82. The minimum absolute atomic E-state index is 0.0375. The van der Waals surface area contributed by atoms with Crippen molar-refractivity contribution in [1.82, 2.24) is 20.0 Å². The number of amides is 1. The Bertz CT molecular complexity index is 1440. The van der Waals surface area contributed by atoms with Crippen LogP contribution in [0.5, 0.6) is 0 Å². The fourth-order valence-corrected chi connectivity index (χ4v) is 4.39. The lowest BCUT2D eigenvalue weighted by Crippen LogP contribution is -2.46. The van der Waals surface area contributed by atoms with Gasteiger partial charge >= 0.3 is 0 Å². The van der Waals surface area contributed by atoms with Crippen LogP contribution in [0.4, 0.5) is 0 Å². The smallest absolute Gasteiger partial charge is 0.240 e. The summed E-state index contributed by atoms with van der Waals surface area (Å²) >= 11 is 0. The van der Waals surface area contributed by atoms with Crippen molar-refractivity contribution in [2.24, 2.45) is 7.05 Å². The Kier molecular flexibility index (Phi) is 5.94. The summed E-state index contributed by atoms with van der Waals surface area (Å²) < 4.78 is 12.7. The average Bonchev–Trinajstić information content (AvgIpc) is 3.55. The summed E-state index contributed by atoms with van der Waals surface area (Å²) in [5, 5.41) is 9.99. The van der Waals surface area contributed by atoms with Gasteiger partial charge in [-0.1, -0.05) is 12.1 Å². The molecule has 0 saturated carbocycles. The molecule has 0 aliphatic rings. The number of carbonyl (C=O) groups is 1. The predicted octanol–water partition coefficient (Wildman–Crippen LogP) is 4.58. The van der Waals surface area contributed by atoms with Crippen molar-refractivity contribution in [2.45, 2.75) is 32.5 Å². The molecule has 0 fully saturated rings. The van der Waals surface area contributed by atoms with Crippen LogP contribution in [0.15, 0.2) is 76.0 Å². The number of carbonyl (C=O) groups excluding carboxylic acids is 1. The molecule has 1 atom stereocenters. The number of aromatic nitrogens is 2. The van der Waals surface area contributed by atoms with E-state index in [1.165, 1.54) is 0 Å². The second kappa shape index (κ2) is 9.19. The van der Waals surface area contributed by atoms with Gasteiger partial charge in [-0.15, -0.1) is 0 Å². The maximum Gasteiger partial charge on any atom is 0.240 e. The van der Waals surface area contributed by atoms with Crippen molar-refractivity contribution < 1.29 is 13.6 Å². The molecule has 174 valence electrons. The molecule has 7 nitrogen and oxygen atoms in total. The topological polar surface area (TPSA) is 76.4 Å². The summed E-state index contributed by atoms with van der Waals surface area (Å²) in [6, 6.07) is 17.7. The van der Waals surface area contributed by atoms with E-state index in [1.807, 2.05) is 68.2 Å². The Morgan fingerprint density at radius 3 is 2.29 bits per heavy atom. The minimum atomic E-state index is -0.385. The van der Waals surface area contributed by atoms with E-state index in [0.29, 0.717) is 19.5 Å². The Labute approximate surface area is 197 Å². The van der Waals surface area contributed by atoms with Crippen molar-refractivity contribution in [2.75, 3.05) is 7.05 Å². The number of nitrogens with zero attached hydrogens (tertiary/aromatic N) is 3. The van der Waals surface area contributed by atoms with Crippen LogP contribution in [-0.2, 0) is 31.4 Å². The summed E-state index contributed by atoms with van der Waals surface area (Å²) in [6.45, 7) is 3.03. The van der Waals surface area contributed by atoms with Crippen LogP contribution in [0.3, 0.4) is 0 Å². The first-order chi connectivity index (χ1) is 16.5. The van der Waals surface area contributed by atoms with Crippen molar-refractivity contribution in [3.63, 3.8) is 0 Å². The van der Waals surface area contributed by atoms with Gasteiger partial charge in [0.2, 0.25) is 5.91 Å². The first-order valence-corrected chi connectivity index (χ1v) is 11.4. The van der Waals surface area contributed by atoms with Gasteiger partial charge in [-0.3, -0.25) is 9.48 Å². The Morgan fingerprint density at radius 2 is 1.65 bits per heavy atom. The van der Waals surface area contributed by atoms with Gasteiger partial charge in [-0.2, -0.15) is 5.10 Å². The zero-order chi connectivity index (χ0) is 23.7. The first-order valence-electron chi connectivity index (χ1n) is 11.4. The second-order valence-electron chi connectivity index (χ2n) is 8.82. The fourth-order valence-electron chi connectivity index (χ4n) is 4.39. The number of rotatable bonds is 8. The van der Waals surface area contributed by atoms with E-state index >= 15 is 0 Å². The summed E-state index contributed by atoms with van der Waals surface area (Å²) in [5.41, 5.74) is 5.82. The predicted molar refractivity (Wildman–Crippen MR) is 131 cm³/mol. The zero-order valence-electron chi connectivity index (χ0n) is 19.6. The standard InChI is InChI=1S/C27H28N4O3/c1-18-12-23(31(3)29-18)17-30(2)27(32)24(15-19-4-6-25-21(13-19)8-10-33-25)28-16-20-5-7-26-22(14-20)9-11-34-26/h4-14,24,28H,15-17H2,1-3H3/t24-/m1/s1. The largest absolute Gasteiger partial charge is 0.464 e. The van der Waals surface area contributed by atoms with Crippen molar-refractivity contribution in [3.05, 3.63) is 89.6 Å². The Balaban J connectivity index is 1.36. The highest BCUT2D eigenvalue weighted by atomic mass is 16.3. The highest BCUT2D eigenvalue weighted by molar-refractivity contribution is 5.83. The van der Waals surface area contributed by atoms with Crippen molar-refractivity contribution >= 4 is 27.8 Å². The van der Waals surface area contributed by atoms with Crippen LogP contribution >= 0.6 is 0 Å². The van der Waals surface area contributed by atoms with Crippen LogP contribution in [0, 0.1) is 6.92 Å². The van der Waals surface area contributed by atoms with E-state index in [1.54, 1.807) is 17.4 Å². The van der Waals surface area contributed by atoms with Crippen molar-refractivity contribution in [1.29, 1.82) is 0 Å².